The molecule has 2 aromatic carbocycles. The molecule has 2 atom stereocenters. The van der Waals surface area contributed by atoms with E-state index in [9.17, 15) is 4.21 Å². The fourth-order valence-corrected chi connectivity index (χ4v) is 3.89. The predicted octanol–water partition coefficient (Wildman–Crippen LogP) is 3.97. The standard InChI is InChI=1S/C18H23NOS/c1-15-10-12-17(13-11-15)21(20)18(9-5-6-14-19)16-7-3-2-4-8-16/h2-4,7-8,10-13,18H,5-6,9,14,19H2,1H3. The first kappa shape index (κ1) is 15.9. The molecule has 0 aromatic heterocycles. The third-order valence-electron chi connectivity index (χ3n) is 3.60. The lowest BCUT2D eigenvalue weighted by atomic mass is 10.1. The largest absolute Gasteiger partial charge is 0.330 e. The van der Waals surface area contributed by atoms with E-state index in [0.717, 1.165) is 29.7 Å². The molecular formula is C18H23NOS. The van der Waals surface area contributed by atoms with Crippen LogP contribution >= 0.6 is 0 Å². The fraction of sp³-hybridized carbons (Fsp3) is 0.333. The van der Waals surface area contributed by atoms with E-state index < -0.39 is 10.8 Å². The van der Waals surface area contributed by atoms with Gasteiger partial charge in [-0.1, -0.05) is 54.4 Å². The molecule has 2 rings (SSSR count). The van der Waals surface area contributed by atoms with E-state index in [1.165, 1.54) is 5.56 Å². The van der Waals surface area contributed by atoms with Crippen molar-refractivity contribution in [2.75, 3.05) is 6.54 Å². The zero-order valence-corrected chi connectivity index (χ0v) is 13.3. The summed E-state index contributed by atoms with van der Waals surface area (Å²) < 4.78 is 12.9. The lowest BCUT2D eigenvalue weighted by molar-refractivity contribution is 0.637. The molecule has 0 fully saturated rings. The second kappa shape index (κ2) is 8.11. The third kappa shape index (κ3) is 4.51. The van der Waals surface area contributed by atoms with Crippen molar-refractivity contribution in [1.82, 2.24) is 0 Å². The lowest BCUT2D eigenvalue weighted by Gasteiger charge is -2.17. The zero-order chi connectivity index (χ0) is 15.1. The number of benzene rings is 2. The molecule has 0 aliphatic heterocycles. The van der Waals surface area contributed by atoms with Crippen molar-refractivity contribution < 1.29 is 4.21 Å². The average molecular weight is 301 g/mol. The summed E-state index contributed by atoms with van der Waals surface area (Å²) >= 11 is 0. The highest BCUT2D eigenvalue weighted by Crippen LogP contribution is 2.30. The second-order valence-electron chi connectivity index (χ2n) is 5.29. The van der Waals surface area contributed by atoms with Crippen LogP contribution < -0.4 is 5.73 Å². The number of nitrogens with two attached hydrogens (primary N) is 1. The summed E-state index contributed by atoms with van der Waals surface area (Å²) in [7, 11) is -1.02. The molecule has 0 aliphatic rings. The van der Waals surface area contributed by atoms with E-state index >= 15 is 0 Å². The van der Waals surface area contributed by atoms with Gasteiger partial charge in [0.15, 0.2) is 0 Å². The Labute approximate surface area is 129 Å². The molecule has 0 radical (unpaired) electrons. The summed E-state index contributed by atoms with van der Waals surface area (Å²) in [4.78, 5) is 0.905. The van der Waals surface area contributed by atoms with Gasteiger partial charge in [-0.2, -0.15) is 0 Å². The molecule has 0 saturated heterocycles. The Morgan fingerprint density at radius 1 is 1.00 bits per heavy atom. The minimum Gasteiger partial charge on any atom is -0.330 e. The highest BCUT2D eigenvalue weighted by Gasteiger charge is 2.19. The van der Waals surface area contributed by atoms with Crippen LogP contribution in [-0.2, 0) is 10.8 Å². The zero-order valence-electron chi connectivity index (χ0n) is 12.5. The summed E-state index contributed by atoms with van der Waals surface area (Å²) in [6, 6.07) is 18.2. The van der Waals surface area contributed by atoms with Crippen molar-refractivity contribution in [2.24, 2.45) is 5.73 Å². The molecule has 0 amide bonds. The number of hydrogen-bond donors (Lipinski definition) is 1. The summed E-state index contributed by atoms with van der Waals surface area (Å²) in [5.41, 5.74) is 7.92. The van der Waals surface area contributed by atoms with Crippen molar-refractivity contribution in [2.45, 2.75) is 36.3 Å². The van der Waals surface area contributed by atoms with Crippen LogP contribution in [0.15, 0.2) is 59.5 Å². The predicted molar refractivity (Wildman–Crippen MR) is 89.7 cm³/mol. The first-order valence-corrected chi connectivity index (χ1v) is 8.66. The minimum absolute atomic E-state index is 0.0421. The molecular weight excluding hydrogens is 278 g/mol. The Morgan fingerprint density at radius 2 is 1.67 bits per heavy atom. The normalized spacial score (nSPS) is 13.8. The van der Waals surface area contributed by atoms with Crippen molar-refractivity contribution >= 4 is 10.8 Å². The molecule has 112 valence electrons. The van der Waals surface area contributed by atoms with Crippen LogP contribution in [0.3, 0.4) is 0 Å². The molecule has 0 aliphatic carbocycles. The summed E-state index contributed by atoms with van der Waals surface area (Å²) in [5, 5.41) is 0.0421. The molecule has 2 unspecified atom stereocenters. The number of unbranched alkanes of at least 4 members (excludes halogenated alkanes) is 1. The summed E-state index contributed by atoms with van der Waals surface area (Å²) in [6.45, 7) is 2.74. The summed E-state index contributed by atoms with van der Waals surface area (Å²) in [5.74, 6) is 0. The lowest BCUT2D eigenvalue weighted by Crippen LogP contribution is -2.08. The van der Waals surface area contributed by atoms with E-state index in [2.05, 4.69) is 12.1 Å². The molecule has 0 spiro atoms. The monoisotopic (exact) mass is 301 g/mol. The van der Waals surface area contributed by atoms with Crippen LogP contribution in [0.5, 0.6) is 0 Å². The van der Waals surface area contributed by atoms with Gasteiger partial charge in [-0.15, -0.1) is 0 Å². The topological polar surface area (TPSA) is 43.1 Å². The first-order valence-electron chi connectivity index (χ1n) is 7.44. The second-order valence-corrected chi connectivity index (χ2v) is 6.93. The Morgan fingerprint density at radius 3 is 2.29 bits per heavy atom. The van der Waals surface area contributed by atoms with Gasteiger partial charge in [0.1, 0.15) is 0 Å². The molecule has 2 N–H and O–H groups in total. The maximum absolute atomic E-state index is 12.9. The van der Waals surface area contributed by atoms with E-state index in [-0.39, 0.29) is 5.25 Å². The van der Waals surface area contributed by atoms with Crippen LogP contribution in [-0.4, -0.2) is 10.8 Å². The maximum atomic E-state index is 12.9. The van der Waals surface area contributed by atoms with Crippen LogP contribution in [0.2, 0.25) is 0 Å². The van der Waals surface area contributed by atoms with E-state index in [0.29, 0.717) is 6.54 Å². The Bertz CT molecular complexity index is 566. The smallest absolute Gasteiger partial charge is 0.0643 e. The Hall–Kier alpha value is -1.45. The highest BCUT2D eigenvalue weighted by atomic mass is 32.2. The summed E-state index contributed by atoms with van der Waals surface area (Å²) in [6.07, 6.45) is 2.89. The minimum atomic E-state index is -1.02. The van der Waals surface area contributed by atoms with Gasteiger partial charge in [-0.25, -0.2) is 0 Å². The Balaban J connectivity index is 2.21. The van der Waals surface area contributed by atoms with Crippen LogP contribution in [0.25, 0.3) is 0 Å². The van der Waals surface area contributed by atoms with Crippen molar-refractivity contribution in [1.29, 1.82) is 0 Å². The van der Waals surface area contributed by atoms with Gasteiger partial charge in [-0.05, 0) is 44.0 Å². The molecule has 2 nitrogen and oxygen atoms in total. The van der Waals surface area contributed by atoms with Crippen LogP contribution in [0, 0.1) is 6.92 Å². The van der Waals surface area contributed by atoms with Crippen molar-refractivity contribution in [3.8, 4) is 0 Å². The third-order valence-corrected chi connectivity index (χ3v) is 5.36. The van der Waals surface area contributed by atoms with Gasteiger partial charge in [0.05, 0.1) is 16.0 Å². The van der Waals surface area contributed by atoms with Gasteiger partial charge in [0.25, 0.3) is 0 Å². The fourth-order valence-electron chi connectivity index (χ4n) is 2.38. The average Bonchev–Trinajstić information content (AvgIpc) is 2.53. The first-order chi connectivity index (χ1) is 10.2. The molecule has 2 aromatic rings. The van der Waals surface area contributed by atoms with Crippen LogP contribution in [0.4, 0.5) is 0 Å². The molecule has 21 heavy (non-hydrogen) atoms. The van der Waals surface area contributed by atoms with Gasteiger partial charge in [-0.3, -0.25) is 4.21 Å². The Kier molecular flexibility index (Phi) is 6.15. The quantitative estimate of drug-likeness (QED) is 0.786. The van der Waals surface area contributed by atoms with Gasteiger partial charge in [0, 0.05) is 4.90 Å². The highest BCUT2D eigenvalue weighted by molar-refractivity contribution is 7.85. The SMILES string of the molecule is Cc1ccc(S(=O)C(CCCCN)c2ccccc2)cc1. The van der Waals surface area contributed by atoms with E-state index in [4.69, 9.17) is 5.73 Å². The van der Waals surface area contributed by atoms with Gasteiger partial charge < -0.3 is 5.73 Å². The molecule has 3 heteroatoms. The van der Waals surface area contributed by atoms with Gasteiger partial charge >= 0.3 is 0 Å². The van der Waals surface area contributed by atoms with E-state index in [1.807, 2.05) is 49.4 Å². The number of aryl methyl sites for hydroxylation is 1. The van der Waals surface area contributed by atoms with E-state index in [1.54, 1.807) is 0 Å². The number of hydrogen-bond acceptors (Lipinski definition) is 2. The molecule has 0 heterocycles. The van der Waals surface area contributed by atoms with Gasteiger partial charge in [0.2, 0.25) is 0 Å². The molecule has 0 saturated carbocycles. The molecule has 0 bridgehead atoms. The van der Waals surface area contributed by atoms with Crippen molar-refractivity contribution in [3.63, 3.8) is 0 Å². The van der Waals surface area contributed by atoms with Crippen LogP contribution in [0.1, 0.15) is 35.6 Å². The number of rotatable bonds is 7. The van der Waals surface area contributed by atoms with Crippen molar-refractivity contribution in [3.05, 3.63) is 65.7 Å². The maximum Gasteiger partial charge on any atom is 0.0643 e.